The first-order valence-corrected chi connectivity index (χ1v) is 15.3. The van der Waals surface area contributed by atoms with Crippen molar-refractivity contribution in [1.29, 1.82) is 0 Å². The summed E-state index contributed by atoms with van der Waals surface area (Å²) < 4.78 is 0. The van der Waals surface area contributed by atoms with Crippen molar-refractivity contribution in [3.8, 4) is 45.3 Å². The van der Waals surface area contributed by atoms with Crippen LogP contribution < -0.4 is 0 Å². The normalized spacial score (nSPS) is 14.7. The zero-order valence-electron chi connectivity index (χ0n) is 25.5. The summed E-state index contributed by atoms with van der Waals surface area (Å²) in [5, 5.41) is 4.88. The molecule has 1 aromatic heterocycles. The first kappa shape index (κ1) is 26.5. The number of aromatic nitrogens is 3. The van der Waals surface area contributed by atoms with Crippen LogP contribution in [0.15, 0.2) is 127 Å². The maximum atomic E-state index is 5.22. The molecule has 0 saturated heterocycles. The average molecular weight is 568 g/mol. The van der Waals surface area contributed by atoms with Crippen LogP contribution in [0.25, 0.3) is 66.8 Å². The number of rotatable bonds is 3. The molecular formula is C41H33N3. The van der Waals surface area contributed by atoms with Gasteiger partial charge in [-0.25, -0.2) is 15.0 Å². The maximum absolute atomic E-state index is 5.22. The number of nitrogens with zero attached hydrogens (tertiary/aromatic N) is 3. The summed E-state index contributed by atoms with van der Waals surface area (Å²) >= 11 is 0. The molecule has 8 rings (SSSR count). The smallest absolute Gasteiger partial charge is 0.164 e. The highest BCUT2D eigenvalue weighted by atomic mass is 15.0. The fraction of sp³-hybridized carbons (Fsp3) is 0.146. The van der Waals surface area contributed by atoms with Crippen molar-refractivity contribution in [3.05, 3.63) is 139 Å². The second-order valence-corrected chi connectivity index (χ2v) is 12.9. The van der Waals surface area contributed by atoms with E-state index in [4.69, 9.17) is 15.0 Å². The lowest BCUT2D eigenvalue weighted by Crippen LogP contribution is -2.44. The van der Waals surface area contributed by atoms with Crippen molar-refractivity contribution < 1.29 is 0 Å². The van der Waals surface area contributed by atoms with Gasteiger partial charge in [-0.1, -0.05) is 149 Å². The lowest BCUT2D eigenvalue weighted by atomic mass is 9.54. The van der Waals surface area contributed by atoms with Gasteiger partial charge < -0.3 is 0 Å². The standard InChI is InChI=1S/C41H33N3/c1-40(2)35-20-11-10-17-32(35)33-18-12-19-34(36(33)41(40,3)4)39-43-37(27-14-6-5-7-15-27)42-38(44-39)29-23-24-31-28(25-29)22-21-26-13-8-9-16-30(26)31/h5-25H,1-4H3. The van der Waals surface area contributed by atoms with Crippen LogP contribution in [0, 0.1) is 0 Å². The second-order valence-electron chi connectivity index (χ2n) is 12.9. The quantitative estimate of drug-likeness (QED) is 0.199. The molecule has 1 heterocycles. The molecule has 1 aliphatic rings. The van der Waals surface area contributed by atoms with E-state index in [1.807, 2.05) is 18.2 Å². The Morgan fingerprint density at radius 1 is 0.409 bits per heavy atom. The van der Waals surface area contributed by atoms with Crippen LogP contribution >= 0.6 is 0 Å². The van der Waals surface area contributed by atoms with Gasteiger partial charge in [0.15, 0.2) is 17.5 Å². The van der Waals surface area contributed by atoms with Gasteiger partial charge in [-0.05, 0) is 55.3 Å². The summed E-state index contributed by atoms with van der Waals surface area (Å²) in [7, 11) is 0. The van der Waals surface area contributed by atoms with Gasteiger partial charge in [0, 0.05) is 22.1 Å². The Labute approximate surface area is 258 Å². The summed E-state index contributed by atoms with van der Waals surface area (Å²) in [4.78, 5) is 15.4. The molecule has 0 atom stereocenters. The first-order valence-electron chi connectivity index (χ1n) is 15.3. The van der Waals surface area contributed by atoms with E-state index in [-0.39, 0.29) is 10.8 Å². The van der Waals surface area contributed by atoms with Gasteiger partial charge in [0.2, 0.25) is 0 Å². The second kappa shape index (κ2) is 9.68. The molecule has 0 aliphatic heterocycles. The van der Waals surface area contributed by atoms with E-state index >= 15 is 0 Å². The summed E-state index contributed by atoms with van der Waals surface area (Å²) in [6.45, 7) is 9.44. The van der Waals surface area contributed by atoms with Crippen molar-refractivity contribution in [2.24, 2.45) is 0 Å². The van der Waals surface area contributed by atoms with E-state index in [9.17, 15) is 0 Å². The molecule has 0 bridgehead atoms. The molecule has 0 radical (unpaired) electrons. The highest BCUT2D eigenvalue weighted by Crippen LogP contribution is 2.55. The summed E-state index contributed by atoms with van der Waals surface area (Å²) in [6, 6.07) is 45.1. The summed E-state index contributed by atoms with van der Waals surface area (Å²) in [6.07, 6.45) is 0. The Hall–Kier alpha value is -5.15. The molecule has 3 heteroatoms. The zero-order chi connectivity index (χ0) is 30.1. The molecule has 0 spiro atoms. The van der Waals surface area contributed by atoms with Crippen molar-refractivity contribution in [1.82, 2.24) is 15.0 Å². The van der Waals surface area contributed by atoms with E-state index in [2.05, 4.69) is 137 Å². The molecule has 0 N–H and O–H groups in total. The zero-order valence-corrected chi connectivity index (χ0v) is 25.5. The maximum Gasteiger partial charge on any atom is 0.164 e. The number of benzene rings is 6. The van der Waals surface area contributed by atoms with Crippen molar-refractivity contribution in [2.45, 2.75) is 38.5 Å². The highest BCUT2D eigenvalue weighted by molar-refractivity contribution is 6.08. The third kappa shape index (κ3) is 3.92. The monoisotopic (exact) mass is 567 g/mol. The van der Waals surface area contributed by atoms with E-state index in [0.717, 1.165) is 16.7 Å². The molecule has 1 aliphatic carbocycles. The lowest BCUT2D eigenvalue weighted by molar-refractivity contribution is 0.300. The van der Waals surface area contributed by atoms with Crippen molar-refractivity contribution in [3.63, 3.8) is 0 Å². The molecule has 7 aromatic rings. The van der Waals surface area contributed by atoms with Gasteiger partial charge in [0.25, 0.3) is 0 Å². The minimum atomic E-state index is -0.184. The lowest BCUT2D eigenvalue weighted by Gasteiger charge is -2.49. The number of hydrogen-bond acceptors (Lipinski definition) is 3. The van der Waals surface area contributed by atoms with Crippen molar-refractivity contribution in [2.75, 3.05) is 0 Å². The average Bonchev–Trinajstić information content (AvgIpc) is 3.07. The number of hydrogen-bond donors (Lipinski definition) is 0. The fourth-order valence-electron chi connectivity index (χ4n) is 7.04. The SMILES string of the molecule is CC1(C)c2ccccc2-c2cccc(-c3nc(-c4ccccc4)nc(-c4ccc5c(ccc6ccccc65)c4)n3)c2C1(C)C. The molecule has 44 heavy (non-hydrogen) atoms. The van der Waals surface area contributed by atoms with Gasteiger partial charge >= 0.3 is 0 Å². The largest absolute Gasteiger partial charge is 0.208 e. The Morgan fingerprint density at radius 3 is 1.86 bits per heavy atom. The highest BCUT2D eigenvalue weighted by Gasteiger charge is 2.47. The number of fused-ring (bicyclic) bond motifs is 6. The Bertz CT molecular complexity index is 2230. The Balaban J connectivity index is 1.38. The third-order valence-electron chi connectivity index (χ3n) is 10.1. The van der Waals surface area contributed by atoms with Gasteiger partial charge in [0.1, 0.15) is 0 Å². The van der Waals surface area contributed by atoms with Crippen LogP contribution in [0.4, 0.5) is 0 Å². The van der Waals surface area contributed by atoms with Crippen molar-refractivity contribution >= 4 is 21.5 Å². The minimum Gasteiger partial charge on any atom is -0.208 e. The van der Waals surface area contributed by atoms with E-state index in [1.165, 1.54) is 43.8 Å². The topological polar surface area (TPSA) is 38.7 Å². The molecule has 0 amide bonds. The van der Waals surface area contributed by atoms with Crippen LogP contribution in [0.2, 0.25) is 0 Å². The minimum absolute atomic E-state index is 0.105. The Morgan fingerprint density at radius 2 is 1.02 bits per heavy atom. The predicted octanol–water partition coefficient (Wildman–Crippen LogP) is 10.4. The first-order chi connectivity index (χ1) is 21.3. The van der Waals surface area contributed by atoms with Gasteiger partial charge in [0.05, 0.1) is 0 Å². The molecule has 0 unspecified atom stereocenters. The third-order valence-corrected chi connectivity index (χ3v) is 10.1. The van der Waals surface area contributed by atoms with Crippen LogP contribution in [-0.2, 0) is 10.8 Å². The van der Waals surface area contributed by atoms with Crippen LogP contribution in [-0.4, -0.2) is 15.0 Å². The summed E-state index contributed by atoms with van der Waals surface area (Å²) in [5.41, 5.74) is 7.91. The molecule has 3 nitrogen and oxygen atoms in total. The molecule has 0 fully saturated rings. The Kier molecular flexibility index (Phi) is 5.83. The van der Waals surface area contributed by atoms with Crippen LogP contribution in [0.1, 0.15) is 38.8 Å². The van der Waals surface area contributed by atoms with E-state index in [1.54, 1.807) is 0 Å². The van der Waals surface area contributed by atoms with Crippen LogP contribution in [0.3, 0.4) is 0 Å². The molecule has 6 aromatic carbocycles. The van der Waals surface area contributed by atoms with E-state index in [0.29, 0.717) is 17.5 Å². The van der Waals surface area contributed by atoms with Gasteiger partial charge in [-0.3, -0.25) is 0 Å². The van der Waals surface area contributed by atoms with E-state index < -0.39 is 0 Å². The van der Waals surface area contributed by atoms with Gasteiger partial charge in [-0.2, -0.15) is 0 Å². The molecule has 212 valence electrons. The fourth-order valence-corrected chi connectivity index (χ4v) is 7.04. The molecular weight excluding hydrogens is 534 g/mol. The molecule has 0 saturated carbocycles. The van der Waals surface area contributed by atoms with Crippen LogP contribution in [0.5, 0.6) is 0 Å². The predicted molar refractivity (Wildman–Crippen MR) is 183 cm³/mol. The summed E-state index contributed by atoms with van der Waals surface area (Å²) in [5.74, 6) is 2.05. The van der Waals surface area contributed by atoms with Gasteiger partial charge in [-0.15, -0.1) is 0 Å².